The lowest BCUT2D eigenvalue weighted by molar-refractivity contribution is 0.386. The van der Waals surface area contributed by atoms with Crippen molar-refractivity contribution in [3.63, 3.8) is 0 Å². The summed E-state index contributed by atoms with van der Waals surface area (Å²) < 4.78 is 0.882. The highest BCUT2D eigenvalue weighted by atomic mass is 79.9. The second-order valence-corrected chi connectivity index (χ2v) is 4.46. The van der Waals surface area contributed by atoms with Gasteiger partial charge >= 0.3 is 0 Å². The zero-order valence-corrected chi connectivity index (χ0v) is 9.85. The number of rotatable bonds is 2. The Kier molecular flexibility index (Phi) is 3.59. The molecule has 0 aromatic heterocycles. The average Bonchev–Trinajstić information content (AvgIpc) is 1.98. The quantitative estimate of drug-likeness (QED) is 0.888. The topological polar surface area (TPSA) is 23.5 Å². The maximum Gasteiger partial charge on any atom is 0.138 e. The molecule has 0 atom stereocenters. The summed E-state index contributed by atoms with van der Waals surface area (Å²) in [5.41, 5.74) is 0.823. The molecule has 2 nitrogen and oxygen atoms in total. The van der Waals surface area contributed by atoms with Crippen molar-refractivity contribution in [1.29, 1.82) is 0 Å². The first-order valence-corrected chi connectivity index (χ1v) is 4.99. The summed E-state index contributed by atoms with van der Waals surface area (Å²) in [4.78, 5) is 1.97. The van der Waals surface area contributed by atoms with Crippen LogP contribution in [0.5, 0.6) is 5.75 Å². The molecule has 0 heterocycles. The van der Waals surface area contributed by atoms with E-state index in [0.717, 1.165) is 10.0 Å². The van der Waals surface area contributed by atoms with Gasteiger partial charge in [-0.2, -0.15) is 0 Å². The molecule has 0 spiro atoms. The first-order chi connectivity index (χ1) is 6.00. The number of aromatic hydroxyl groups is 1. The van der Waals surface area contributed by atoms with Gasteiger partial charge in [-0.3, -0.25) is 0 Å². The van der Waals surface area contributed by atoms with Gasteiger partial charge < -0.3 is 10.0 Å². The van der Waals surface area contributed by atoms with Crippen molar-refractivity contribution in [3.8, 4) is 5.75 Å². The predicted molar refractivity (Wildman–Crippen MR) is 58.2 cm³/mol. The SMILES string of the molecule is CN(C)Cc1cc(Br)cc(Cl)c1O. The van der Waals surface area contributed by atoms with Crippen LogP contribution in [0.3, 0.4) is 0 Å². The zero-order valence-electron chi connectivity index (χ0n) is 7.51. The number of benzene rings is 1. The Morgan fingerprint density at radius 3 is 2.62 bits per heavy atom. The average molecular weight is 265 g/mol. The lowest BCUT2D eigenvalue weighted by atomic mass is 10.2. The first kappa shape index (κ1) is 10.8. The smallest absolute Gasteiger partial charge is 0.138 e. The van der Waals surface area contributed by atoms with Gasteiger partial charge in [-0.1, -0.05) is 27.5 Å². The van der Waals surface area contributed by atoms with Gasteiger partial charge in [0.2, 0.25) is 0 Å². The molecule has 0 amide bonds. The van der Waals surface area contributed by atoms with E-state index in [1.54, 1.807) is 6.07 Å². The highest BCUT2D eigenvalue weighted by Gasteiger charge is 2.07. The lowest BCUT2D eigenvalue weighted by Gasteiger charge is -2.12. The van der Waals surface area contributed by atoms with Crippen molar-refractivity contribution in [3.05, 3.63) is 27.2 Å². The molecule has 0 aliphatic heterocycles. The summed E-state index contributed by atoms with van der Waals surface area (Å²) in [5.74, 6) is 0.165. The van der Waals surface area contributed by atoms with E-state index in [1.807, 2.05) is 25.1 Å². The molecule has 0 unspecified atom stereocenters. The van der Waals surface area contributed by atoms with Gasteiger partial charge in [0.05, 0.1) is 5.02 Å². The first-order valence-electron chi connectivity index (χ1n) is 3.82. The van der Waals surface area contributed by atoms with Crippen molar-refractivity contribution < 1.29 is 5.11 Å². The van der Waals surface area contributed by atoms with Gasteiger partial charge in [0.1, 0.15) is 5.75 Å². The molecule has 1 aromatic carbocycles. The molecule has 0 saturated heterocycles. The Hall–Kier alpha value is -0.250. The summed E-state index contributed by atoms with van der Waals surface area (Å²) >= 11 is 9.13. The standard InChI is InChI=1S/C9H11BrClNO/c1-12(2)5-6-3-7(10)4-8(11)9(6)13/h3-4,13H,5H2,1-2H3. The fraction of sp³-hybridized carbons (Fsp3) is 0.333. The van der Waals surface area contributed by atoms with E-state index >= 15 is 0 Å². The Morgan fingerprint density at radius 2 is 2.08 bits per heavy atom. The van der Waals surface area contributed by atoms with Gasteiger partial charge in [-0.25, -0.2) is 0 Å². The molecule has 1 N–H and O–H groups in total. The fourth-order valence-corrected chi connectivity index (χ4v) is 1.96. The molecule has 0 saturated carbocycles. The second kappa shape index (κ2) is 4.31. The molecule has 0 aliphatic rings. The molecule has 1 aromatic rings. The molecule has 1 rings (SSSR count). The van der Waals surface area contributed by atoms with E-state index in [9.17, 15) is 5.11 Å². The third-order valence-corrected chi connectivity index (χ3v) is 2.34. The number of hydrogen-bond acceptors (Lipinski definition) is 2. The van der Waals surface area contributed by atoms with Crippen molar-refractivity contribution in [1.82, 2.24) is 4.90 Å². The fourth-order valence-electron chi connectivity index (χ4n) is 1.08. The summed E-state index contributed by atoms with van der Waals surface area (Å²) in [5, 5.41) is 9.97. The van der Waals surface area contributed by atoms with E-state index in [-0.39, 0.29) is 5.75 Å². The highest BCUT2D eigenvalue weighted by molar-refractivity contribution is 9.10. The number of halogens is 2. The number of nitrogens with zero attached hydrogens (tertiary/aromatic N) is 1. The van der Waals surface area contributed by atoms with Crippen LogP contribution < -0.4 is 0 Å². The van der Waals surface area contributed by atoms with Gasteiger partial charge in [-0.15, -0.1) is 0 Å². The van der Waals surface area contributed by atoms with E-state index in [1.165, 1.54) is 0 Å². The number of hydrogen-bond donors (Lipinski definition) is 1. The van der Waals surface area contributed by atoms with Crippen LogP contribution in [0.25, 0.3) is 0 Å². The number of phenols is 1. The second-order valence-electron chi connectivity index (χ2n) is 3.13. The maximum atomic E-state index is 9.59. The van der Waals surface area contributed by atoms with Crippen LogP contribution in [0.15, 0.2) is 16.6 Å². The van der Waals surface area contributed by atoms with Gasteiger partial charge in [0, 0.05) is 16.6 Å². The van der Waals surface area contributed by atoms with E-state index in [0.29, 0.717) is 11.6 Å². The van der Waals surface area contributed by atoms with Crippen molar-refractivity contribution >= 4 is 27.5 Å². The molecule has 72 valence electrons. The minimum Gasteiger partial charge on any atom is -0.506 e. The van der Waals surface area contributed by atoms with Crippen LogP contribution in [-0.2, 0) is 6.54 Å². The molecule has 0 radical (unpaired) electrons. The van der Waals surface area contributed by atoms with Crippen LogP contribution in [0.2, 0.25) is 5.02 Å². The van der Waals surface area contributed by atoms with E-state index in [2.05, 4.69) is 15.9 Å². The number of phenolic OH excluding ortho intramolecular Hbond substituents is 1. The van der Waals surface area contributed by atoms with Crippen LogP contribution in [0.1, 0.15) is 5.56 Å². The lowest BCUT2D eigenvalue weighted by Crippen LogP contribution is -2.10. The maximum absolute atomic E-state index is 9.59. The van der Waals surface area contributed by atoms with Crippen molar-refractivity contribution in [2.24, 2.45) is 0 Å². The third kappa shape index (κ3) is 2.86. The van der Waals surface area contributed by atoms with Crippen LogP contribution in [-0.4, -0.2) is 24.1 Å². The van der Waals surface area contributed by atoms with E-state index in [4.69, 9.17) is 11.6 Å². The largest absolute Gasteiger partial charge is 0.506 e. The van der Waals surface area contributed by atoms with Crippen LogP contribution in [0.4, 0.5) is 0 Å². The monoisotopic (exact) mass is 263 g/mol. The molecule has 0 aliphatic carbocycles. The summed E-state index contributed by atoms with van der Waals surface area (Å²) in [7, 11) is 3.88. The summed E-state index contributed by atoms with van der Waals surface area (Å²) in [6.07, 6.45) is 0. The molecule has 13 heavy (non-hydrogen) atoms. The molecular formula is C9H11BrClNO. The Labute approximate surface area is 91.3 Å². The predicted octanol–water partition coefficient (Wildman–Crippen LogP) is 2.87. The zero-order chi connectivity index (χ0) is 10.0. The van der Waals surface area contributed by atoms with Crippen molar-refractivity contribution in [2.75, 3.05) is 14.1 Å². The summed E-state index contributed by atoms with van der Waals surface area (Å²) in [6.45, 7) is 0.672. The summed E-state index contributed by atoms with van der Waals surface area (Å²) in [6, 6.07) is 3.54. The Balaban J connectivity index is 3.05. The highest BCUT2D eigenvalue weighted by Crippen LogP contribution is 2.31. The minimum atomic E-state index is 0.165. The van der Waals surface area contributed by atoms with Gasteiger partial charge in [0.25, 0.3) is 0 Å². The van der Waals surface area contributed by atoms with Crippen LogP contribution in [0, 0.1) is 0 Å². The molecule has 4 heteroatoms. The third-order valence-electron chi connectivity index (χ3n) is 1.59. The Morgan fingerprint density at radius 1 is 1.46 bits per heavy atom. The van der Waals surface area contributed by atoms with Gasteiger partial charge in [0.15, 0.2) is 0 Å². The van der Waals surface area contributed by atoms with Gasteiger partial charge in [-0.05, 0) is 26.2 Å². The minimum absolute atomic E-state index is 0.165. The normalized spacial score (nSPS) is 10.8. The molecular weight excluding hydrogens is 253 g/mol. The van der Waals surface area contributed by atoms with E-state index < -0.39 is 0 Å². The Bertz CT molecular complexity index is 315. The molecule has 0 fully saturated rings. The molecule has 0 bridgehead atoms. The van der Waals surface area contributed by atoms with Crippen molar-refractivity contribution in [2.45, 2.75) is 6.54 Å². The van der Waals surface area contributed by atoms with Crippen LogP contribution >= 0.6 is 27.5 Å².